The van der Waals surface area contributed by atoms with E-state index in [2.05, 4.69) is 5.32 Å². The van der Waals surface area contributed by atoms with Crippen LogP contribution in [0.5, 0.6) is 0 Å². The first kappa shape index (κ1) is 20.9. The third-order valence-corrected chi connectivity index (χ3v) is 6.28. The van der Waals surface area contributed by atoms with E-state index in [1.807, 2.05) is 0 Å². The van der Waals surface area contributed by atoms with Crippen LogP contribution in [0, 0.1) is 11.6 Å². The maximum absolute atomic E-state index is 13.2. The van der Waals surface area contributed by atoms with E-state index < -0.39 is 10.8 Å². The largest absolute Gasteiger partial charge is 0.348 e. The highest BCUT2D eigenvalue weighted by molar-refractivity contribution is 7.86. The van der Waals surface area contributed by atoms with Crippen LogP contribution in [-0.2, 0) is 28.7 Å². The van der Waals surface area contributed by atoms with Gasteiger partial charge in [0.2, 0.25) is 5.91 Å². The molecule has 8 heteroatoms. The second-order valence-electron chi connectivity index (χ2n) is 7.09. The highest BCUT2D eigenvalue weighted by Gasteiger charge is 2.30. The molecule has 0 saturated carbocycles. The topological polar surface area (TPSA) is 66.5 Å². The van der Waals surface area contributed by atoms with Gasteiger partial charge in [0.1, 0.15) is 17.4 Å². The number of fused-ring (bicyclic) bond motifs is 1. The minimum absolute atomic E-state index is 0.149. The van der Waals surface area contributed by atoms with Crippen LogP contribution in [0.25, 0.3) is 0 Å². The van der Waals surface area contributed by atoms with Crippen molar-refractivity contribution in [3.63, 3.8) is 0 Å². The fraction of sp³-hybridized carbons (Fsp3) is 0.130. The van der Waals surface area contributed by atoms with Gasteiger partial charge in [0, 0.05) is 12.1 Å². The van der Waals surface area contributed by atoms with Gasteiger partial charge in [-0.25, -0.2) is 8.78 Å². The van der Waals surface area contributed by atoms with E-state index in [4.69, 9.17) is 0 Å². The first-order valence-electron chi connectivity index (χ1n) is 9.50. The summed E-state index contributed by atoms with van der Waals surface area (Å²) in [6.07, 6.45) is 0. The number of rotatable bonds is 5. The number of nitrogens with zero attached hydrogens (tertiary/aromatic N) is 1. The molecule has 5 nitrogen and oxygen atoms in total. The minimum atomic E-state index is -1.50. The smallest absolute Gasteiger partial charge is 0.251 e. The lowest BCUT2D eigenvalue weighted by Crippen LogP contribution is -2.38. The summed E-state index contributed by atoms with van der Waals surface area (Å²) in [7, 11) is -1.50. The molecule has 0 aliphatic carbocycles. The molecule has 1 N–H and O–H groups in total. The van der Waals surface area contributed by atoms with Crippen LogP contribution in [0.1, 0.15) is 21.5 Å². The zero-order valence-electron chi connectivity index (χ0n) is 16.3. The van der Waals surface area contributed by atoms with Crippen molar-refractivity contribution >= 4 is 28.3 Å². The number of hydrogen-bond acceptors (Lipinski definition) is 3. The second-order valence-corrected chi connectivity index (χ2v) is 8.51. The van der Waals surface area contributed by atoms with Gasteiger partial charge in [-0.2, -0.15) is 0 Å². The summed E-state index contributed by atoms with van der Waals surface area (Å²) in [5.74, 6) is -1.60. The summed E-state index contributed by atoms with van der Waals surface area (Å²) in [5, 5.41) is 2.75. The van der Waals surface area contributed by atoms with Crippen LogP contribution < -0.4 is 10.2 Å². The van der Waals surface area contributed by atoms with E-state index in [0.717, 1.165) is 5.56 Å². The molecule has 1 heterocycles. The van der Waals surface area contributed by atoms with Crippen LogP contribution in [0.3, 0.4) is 0 Å². The van der Waals surface area contributed by atoms with Gasteiger partial charge in [-0.05, 0) is 53.6 Å². The summed E-state index contributed by atoms with van der Waals surface area (Å²) < 4.78 is 38.7. The van der Waals surface area contributed by atoms with Crippen LogP contribution in [0.4, 0.5) is 14.5 Å². The normalized spacial score (nSPS) is 15.5. The van der Waals surface area contributed by atoms with E-state index in [0.29, 0.717) is 21.7 Å². The van der Waals surface area contributed by atoms with E-state index in [-0.39, 0.29) is 42.3 Å². The summed E-state index contributed by atoms with van der Waals surface area (Å²) >= 11 is 0. The molecule has 0 spiro atoms. The molecule has 0 saturated heterocycles. The Hall–Kier alpha value is -3.39. The molecule has 1 atom stereocenters. The Kier molecular flexibility index (Phi) is 5.90. The number of carbonyl (C=O) groups excluding carboxylic acids is 2. The van der Waals surface area contributed by atoms with Gasteiger partial charge in [0.15, 0.2) is 0 Å². The molecule has 0 fully saturated rings. The van der Waals surface area contributed by atoms with Gasteiger partial charge in [0.05, 0.1) is 27.9 Å². The quantitative estimate of drug-likeness (QED) is 0.660. The molecule has 0 radical (unpaired) electrons. The Balaban J connectivity index is 1.57. The highest BCUT2D eigenvalue weighted by Crippen LogP contribution is 2.31. The summed E-state index contributed by atoms with van der Waals surface area (Å²) in [4.78, 5) is 27.1. The van der Waals surface area contributed by atoms with E-state index >= 15 is 0 Å². The van der Waals surface area contributed by atoms with Crippen molar-refractivity contribution in [1.29, 1.82) is 0 Å². The molecule has 1 aliphatic heterocycles. The van der Waals surface area contributed by atoms with E-state index in [9.17, 15) is 22.6 Å². The zero-order chi connectivity index (χ0) is 22.0. The van der Waals surface area contributed by atoms with Crippen LogP contribution >= 0.6 is 0 Å². The third kappa shape index (κ3) is 4.69. The van der Waals surface area contributed by atoms with Crippen molar-refractivity contribution in [3.05, 3.63) is 95.1 Å². The fourth-order valence-corrected chi connectivity index (χ4v) is 4.45. The molecule has 2 amide bonds. The maximum atomic E-state index is 13.2. The molecule has 3 aromatic rings. The number of amides is 2. The Bertz CT molecular complexity index is 1160. The summed E-state index contributed by atoms with van der Waals surface area (Å²) in [6.45, 7) is 0.379. The van der Waals surface area contributed by atoms with Gasteiger partial charge in [-0.3, -0.25) is 13.8 Å². The lowest BCUT2D eigenvalue weighted by atomic mass is 10.1. The number of carbonyl (C=O) groups is 2. The van der Waals surface area contributed by atoms with Gasteiger partial charge in [-0.1, -0.05) is 24.3 Å². The average molecular weight is 440 g/mol. The van der Waals surface area contributed by atoms with Gasteiger partial charge >= 0.3 is 0 Å². The van der Waals surface area contributed by atoms with Gasteiger partial charge < -0.3 is 10.2 Å². The highest BCUT2D eigenvalue weighted by atomic mass is 32.2. The monoisotopic (exact) mass is 440 g/mol. The molecule has 1 aliphatic rings. The fourth-order valence-electron chi connectivity index (χ4n) is 3.30. The molecule has 1 unspecified atom stereocenters. The van der Waals surface area contributed by atoms with Gasteiger partial charge in [0.25, 0.3) is 5.91 Å². The Labute approximate surface area is 180 Å². The maximum Gasteiger partial charge on any atom is 0.251 e. The standard InChI is InChI=1S/C23H18F2N2O3S/c24-18-6-1-15(2-7-18)12-26-23(29)17-5-10-21-20(11-17)27(22(28)14-31(21)30)13-16-3-8-19(25)9-4-16/h1-11H,12-14H2,(H,26,29). The third-order valence-electron chi connectivity index (χ3n) is 4.93. The van der Waals surface area contributed by atoms with Crippen molar-refractivity contribution in [3.8, 4) is 0 Å². The molecular formula is C23H18F2N2O3S. The number of benzene rings is 3. The molecular weight excluding hydrogens is 422 g/mol. The summed E-state index contributed by atoms with van der Waals surface area (Å²) in [5.41, 5.74) is 2.14. The number of hydrogen-bond donors (Lipinski definition) is 1. The predicted octanol–water partition coefficient (Wildman–Crippen LogP) is 3.55. The minimum Gasteiger partial charge on any atom is -0.348 e. The average Bonchev–Trinajstić information content (AvgIpc) is 2.77. The SMILES string of the molecule is O=C(NCc1ccc(F)cc1)c1ccc2c(c1)N(Cc1ccc(F)cc1)C(=O)CS2=O. The van der Waals surface area contributed by atoms with Crippen LogP contribution in [-0.4, -0.2) is 21.8 Å². The molecule has 31 heavy (non-hydrogen) atoms. The molecule has 0 aromatic heterocycles. The van der Waals surface area contributed by atoms with Crippen molar-refractivity contribution in [2.45, 2.75) is 18.0 Å². The lowest BCUT2D eigenvalue weighted by Gasteiger charge is -2.29. The van der Waals surface area contributed by atoms with E-state index in [1.165, 1.54) is 35.2 Å². The molecule has 0 bridgehead atoms. The van der Waals surface area contributed by atoms with Gasteiger partial charge in [-0.15, -0.1) is 0 Å². The number of anilines is 1. The van der Waals surface area contributed by atoms with Crippen LogP contribution in [0.2, 0.25) is 0 Å². The lowest BCUT2D eigenvalue weighted by molar-refractivity contribution is -0.116. The van der Waals surface area contributed by atoms with Crippen molar-refractivity contribution in [2.24, 2.45) is 0 Å². The number of halogens is 2. The first-order chi connectivity index (χ1) is 14.9. The van der Waals surface area contributed by atoms with Crippen molar-refractivity contribution in [1.82, 2.24) is 5.32 Å². The predicted molar refractivity (Wildman–Crippen MR) is 113 cm³/mol. The second kappa shape index (κ2) is 8.77. The zero-order valence-corrected chi connectivity index (χ0v) is 17.1. The molecule has 3 aromatic carbocycles. The Morgan fingerprint density at radius 3 is 2.19 bits per heavy atom. The Morgan fingerprint density at radius 2 is 1.55 bits per heavy atom. The number of nitrogens with one attached hydrogen (secondary N) is 1. The molecule has 4 rings (SSSR count). The summed E-state index contributed by atoms with van der Waals surface area (Å²) in [6, 6.07) is 16.2. The van der Waals surface area contributed by atoms with Crippen molar-refractivity contribution < 1.29 is 22.6 Å². The van der Waals surface area contributed by atoms with E-state index in [1.54, 1.807) is 36.4 Å². The first-order valence-corrected chi connectivity index (χ1v) is 10.8. The molecule has 158 valence electrons. The van der Waals surface area contributed by atoms with Crippen LogP contribution in [0.15, 0.2) is 71.6 Å². The van der Waals surface area contributed by atoms with Crippen molar-refractivity contribution in [2.75, 3.05) is 10.7 Å². The Morgan fingerprint density at radius 1 is 0.935 bits per heavy atom.